The minimum absolute atomic E-state index is 0. The highest BCUT2D eigenvalue weighted by molar-refractivity contribution is 6.47. The Morgan fingerprint density at radius 1 is 0.174 bits per heavy atom. The van der Waals surface area contributed by atoms with Gasteiger partial charge in [0, 0.05) is 0 Å². The maximum absolute atomic E-state index is 2.56. The van der Waals surface area contributed by atoms with Gasteiger partial charge >= 0.3 is 0 Å². The lowest BCUT2D eigenvalue weighted by molar-refractivity contribution is 1.61. The van der Waals surface area contributed by atoms with Crippen LogP contribution in [0.5, 0.6) is 0 Å². The molecule has 0 N–H and O–H groups in total. The molecule has 0 fully saturated rings. The number of fused-ring (bicyclic) bond motifs is 13. The van der Waals surface area contributed by atoms with Crippen molar-refractivity contribution in [1.29, 1.82) is 0 Å². The van der Waals surface area contributed by atoms with Gasteiger partial charge in [0.25, 0.3) is 0 Å². The van der Waals surface area contributed by atoms with Crippen LogP contribution in [0, 0.1) is 0 Å². The van der Waals surface area contributed by atoms with Crippen molar-refractivity contribution < 1.29 is 0 Å². The molecule has 316 valence electrons. The summed E-state index contributed by atoms with van der Waals surface area (Å²) in [7, 11) is 0. The van der Waals surface area contributed by atoms with Crippen molar-refractivity contribution in [3.05, 3.63) is 218 Å². The van der Waals surface area contributed by atoms with E-state index in [4.69, 9.17) is 0 Å². The Bertz CT molecular complexity index is 4760. The lowest BCUT2D eigenvalue weighted by Crippen LogP contribution is -1.92. The molecule has 0 saturated heterocycles. The number of rotatable bonds is 3. The van der Waals surface area contributed by atoms with Crippen molar-refractivity contribution in [3.8, 4) is 55.6 Å². The van der Waals surface area contributed by atoms with Gasteiger partial charge < -0.3 is 0 Å². The Morgan fingerprint density at radius 2 is 0.594 bits per heavy atom. The molecule has 0 unspecified atom stereocenters. The van der Waals surface area contributed by atoms with Crippen molar-refractivity contribution in [1.82, 2.24) is 0 Å². The summed E-state index contributed by atoms with van der Waals surface area (Å²) >= 11 is 0. The van der Waals surface area contributed by atoms with Crippen LogP contribution in [0.3, 0.4) is 0 Å². The van der Waals surface area contributed by atoms with Gasteiger partial charge in [-0.25, -0.2) is 0 Å². The van der Waals surface area contributed by atoms with Crippen LogP contribution in [0.4, 0.5) is 0 Å². The maximum atomic E-state index is 2.56. The Kier molecular flexibility index (Phi) is 7.13. The first-order chi connectivity index (χ1) is 33.8. The second-order valence-corrected chi connectivity index (χ2v) is 19.3. The van der Waals surface area contributed by atoms with Crippen LogP contribution < -0.4 is 0 Å². The van der Waals surface area contributed by atoms with Crippen molar-refractivity contribution >= 4 is 118 Å². The van der Waals surface area contributed by atoms with E-state index in [9.17, 15) is 0 Å². The van der Waals surface area contributed by atoms with Crippen LogP contribution in [0.15, 0.2) is 218 Å². The monoisotopic (exact) mass is 868 g/mol. The van der Waals surface area contributed by atoms with Crippen molar-refractivity contribution in [2.75, 3.05) is 0 Å². The second kappa shape index (κ2) is 13.2. The summed E-state index contributed by atoms with van der Waals surface area (Å²) < 4.78 is 0. The van der Waals surface area contributed by atoms with Crippen molar-refractivity contribution in [2.45, 2.75) is 7.43 Å². The molecule has 17 rings (SSSR count). The summed E-state index contributed by atoms with van der Waals surface area (Å²) in [5.41, 5.74) is 12.9. The number of hydrogen-bond donors (Lipinski definition) is 0. The van der Waals surface area contributed by atoms with Gasteiger partial charge in [-0.15, -0.1) is 0 Å². The highest BCUT2D eigenvalue weighted by Crippen LogP contribution is 2.58. The Morgan fingerprint density at radius 3 is 1.19 bits per heavy atom. The zero-order chi connectivity index (χ0) is 43.9. The minimum Gasteiger partial charge on any atom is -0.0776 e. The minimum atomic E-state index is 0. The molecule has 0 bridgehead atoms. The second-order valence-electron chi connectivity index (χ2n) is 19.3. The Labute approximate surface area is 397 Å². The zero-order valence-corrected chi connectivity index (χ0v) is 36.8. The first kappa shape index (κ1) is 37.3. The maximum Gasteiger partial charge on any atom is -0.000718 e. The zero-order valence-electron chi connectivity index (χ0n) is 36.8. The summed E-state index contributed by atoms with van der Waals surface area (Å²) in [5, 5.41) is 29.1. The normalized spacial score (nSPS) is 12.5. The topological polar surface area (TPSA) is 0 Å². The largest absolute Gasteiger partial charge is 0.0776 e. The molecular formula is C69H40. The lowest BCUT2D eigenvalue weighted by Gasteiger charge is -2.19. The fraction of sp³-hybridized carbons (Fsp3) is 0.0145. The fourth-order valence-electron chi connectivity index (χ4n) is 13.5. The standard InChI is InChI=1S/C68H36.CH4/c1-3-13-37(14-4-1)42-21-9-10-22-43(42)65-59-36-57-45-24-12-20-38-19-11-23-44(60(38)45)56(57)35-58(59)61(39-15-5-2-6-16-39)67-52-31-29-48-46-25-27-50-54-33-40-17-7-8-18-41(40)34-55(54)51-28-26-47(62(46)64(50)51)49-30-32-53(68(65)67)66(52)63(48)49;/h1-36H;1H4. The summed E-state index contributed by atoms with van der Waals surface area (Å²) in [6.45, 7) is 0. The molecule has 1 aliphatic carbocycles. The van der Waals surface area contributed by atoms with E-state index in [-0.39, 0.29) is 7.43 Å². The number of benzene rings is 14. The Balaban J connectivity index is 0.00000415. The molecule has 0 amide bonds. The molecule has 0 aromatic heterocycles. The van der Waals surface area contributed by atoms with E-state index in [0.717, 1.165) is 0 Å². The molecule has 0 nitrogen and oxygen atoms in total. The molecule has 0 saturated carbocycles. The molecule has 0 aliphatic heterocycles. The molecule has 0 heteroatoms. The SMILES string of the molecule is C.c1ccc(-c2ccccc2-c2c3cc4c(cc3c(-c3ccccc3)c3c5ccc6c7ccc8c9c(ccc(c%10ccc(c23)c5c6%10)c97)-c2cc3ccccc3cc2-8)c2cccc3cccc4c32)cc1. The van der Waals surface area contributed by atoms with Gasteiger partial charge in [0.15, 0.2) is 0 Å². The molecule has 16 aromatic carbocycles. The van der Waals surface area contributed by atoms with Gasteiger partial charge in [-0.3, -0.25) is 0 Å². The third-order valence-electron chi connectivity index (χ3n) is 16.2. The van der Waals surface area contributed by atoms with Crippen molar-refractivity contribution in [3.63, 3.8) is 0 Å². The molecule has 0 heterocycles. The molecule has 16 aromatic rings. The van der Waals surface area contributed by atoms with Crippen LogP contribution in [0.25, 0.3) is 174 Å². The van der Waals surface area contributed by atoms with E-state index in [1.807, 2.05) is 0 Å². The molecule has 0 radical (unpaired) electrons. The molecular weight excluding hydrogens is 829 g/mol. The van der Waals surface area contributed by atoms with Gasteiger partial charge in [-0.2, -0.15) is 0 Å². The average Bonchev–Trinajstić information content (AvgIpc) is 4.02. The predicted octanol–water partition coefficient (Wildman–Crippen LogP) is 20.0. The lowest BCUT2D eigenvalue weighted by atomic mass is 9.83. The van der Waals surface area contributed by atoms with Crippen LogP contribution in [-0.4, -0.2) is 0 Å². The molecule has 0 spiro atoms. The third-order valence-corrected chi connectivity index (χ3v) is 16.2. The first-order valence-electron chi connectivity index (χ1n) is 23.9. The fourth-order valence-corrected chi connectivity index (χ4v) is 13.5. The van der Waals surface area contributed by atoms with E-state index in [0.29, 0.717) is 0 Å². The highest BCUT2D eigenvalue weighted by atomic mass is 14.3. The van der Waals surface area contributed by atoms with Gasteiger partial charge in [-0.05, 0) is 198 Å². The quantitative estimate of drug-likeness (QED) is 0.123. The molecule has 0 atom stereocenters. The van der Waals surface area contributed by atoms with E-state index in [1.54, 1.807) is 0 Å². The van der Waals surface area contributed by atoms with Gasteiger partial charge in [0.1, 0.15) is 0 Å². The van der Waals surface area contributed by atoms with E-state index in [2.05, 4.69) is 218 Å². The molecule has 69 heavy (non-hydrogen) atoms. The predicted molar refractivity (Wildman–Crippen MR) is 300 cm³/mol. The third kappa shape index (κ3) is 4.59. The Hall–Kier alpha value is -8.84. The van der Waals surface area contributed by atoms with Gasteiger partial charge in [0.05, 0.1) is 0 Å². The summed E-state index contributed by atoms with van der Waals surface area (Å²) in [4.78, 5) is 0. The average molecular weight is 869 g/mol. The summed E-state index contributed by atoms with van der Waals surface area (Å²) in [6.07, 6.45) is 0. The van der Waals surface area contributed by atoms with Crippen LogP contribution in [0.1, 0.15) is 7.43 Å². The molecule has 1 aliphatic rings. The summed E-state index contributed by atoms with van der Waals surface area (Å²) in [5.74, 6) is 0. The van der Waals surface area contributed by atoms with Crippen LogP contribution in [0.2, 0.25) is 0 Å². The highest BCUT2D eigenvalue weighted by Gasteiger charge is 2.30. The van der Waals surface area contributed by atoms with Gasteiger partial charge in [-0.1, -0.05) is 202 Å². The van der Waals surface area contributed by atoms with Crippen molar-refractivity contribution in [2.24, 2.45) is 0 Å². The van der Waals surface area contributed by atoms with E-state index < -0.39 is 0 Å². The van der Waals surface area contributed by atoms with Crippen LogP contribution in [-0.2, 0) is 0 Å². The van der Waals surface area contributed by atoms with Crippen LogP contribution >= 0.6 is 0 Å². The van der Waals surface area contributed by atoms with E-state index >= 15 is 0 Å². The van der Waals surface area contributed by atoms with E-state index in [1.165, 1.54) is 174 Å². The van der Waals surface area contributed by atoms with Gasteiger partial charge in [0.2, 0.25) is 0 Å². The first-order valence-corrected chi connectivity index (χ1v) is 23.9. The number of hydrogen-bond acceptors (Lipinski definition) is 0. The smallest absolute Gasteiger partial charge is 0.000718 e. The summed E-state index contributed by atoms with van der Waals surface area (Å²) in [6, 6.07) is 83.2.